The van der Waals surface area contributed by atoms with E-state index in [4.69, 9.17) is 14.2 Å². The van der Waals surface area contributed by atoms with Crippen LogP contribution in [0.1, 0.15) is 297 Å². The van der Waals surface area contributed by atoms with Crippen LogP contribution in [-0.2, 0) is 28.6 Å². The quantitative estimate of drug-likeness (QED) is 0.0262. The van der Waals surface area contributed by atoms with Crippen LogP contribution < -0.4 is 0 Å². The van der Waals surface area contributed by atoms with Gasteiger partial charge in [0.1, 0.15) is 13.2 Å². The average molecular weight is 926 g/mol. The van der Waals surface area contributed by atoms with Crippen molar-refractivity contribution in [2.75, 3.05) is 13.2 Å². The van der Waals surface area contributed by atoms with E-state index in [0.717, 1.165) is 83.5 Å². The van der Waals surface area contributed by atoms with E-state index >= 15 is 0 Å². The SMILES string of the molecule is CC\C=C/C=C\C=C/C=C\CCCCCCCC(=O)OC(COC(=O)CCCCCCCCCCCCCCCC)COC(=O)CCCCCCCCCCCCCCCCCCCCC. The van der Waals surface area contributed by atoms with Crippen LogP contribution in [0, 0.1) is 0 Å². The Labute approximate surface area is 409 Å². The first kappa shape index (κ1) is 63.4. The van der Waals surface area contributed by atoms with Crippen molar-refractivity contribution in [3.05, 3.63) is 48.6 Å². The first-order chi connectivity index (χ1) is 32.5. The fraction of sp³-hybridized carbons (Fsp3) is 0.817. The van der Waals surface area contributed by atoms with Gasteiger partial charge < -0.3 is 14.2 Å². The third-order valence-corrected chi connectivity index (χ3v) is 12.7. The summed E-state index contributed by atoms with van der Waals surface area (Å²) in [5.41, 5.74) is 0. The van der Waals surface area contributed by atoms with Crippen molar-refractivity contribution in [1.29, 1.82) is 0 Å². The van der Waals surface area contributed by atoms with Crippen molar-refractivity contribution in [1.82, 2.24) is 0 Å². The summed E-state index contributed by atoms with van der Waals surface area (Å²) in [4.78, 5) is 38.1. The lowest BCUT2D eigenvalue weighted by Crippen LogP contribution is -2.30. The molecule has 384 valence electrons. The van der Waals surface area contributed by atoms with Crippen LogP contribution in [-0.4, -0.2) is 37.2 Å². The van der Waals surface area contributed by atoms with Gasteiger partial charge >= 0.3 is 17.9 Å². The van der Waals surface area contributed by atoms with Crippen molar-refractivity contribution < 1.29 is 28.6 Å². The van der Waals surface area contributed by atoms with Gasteiger partial charge in [0.2, 0.25) is 0 Å². The maximum Gasteiger partial charge on any atom is 0.306 e. The summed E-state index contributed by atoms with van der Waals surface area (Å²) in [6.07, 6.45) is 66.7. The van der Waals surface area contributed by atoms with Crippen molar-refractivity contribution >= 4 is 17.9 Å². The number of allylic oxidation sites excluding steroid dienone is 8. The van der Waals surface area contributed by atoms with Crippen molar-refractivity contribution in [2.45, 2.75) is 303 Å². The lowest BCUT2D eigenvalue weighted by molar-refractivity contribution is -0.167. The van der Waals surface area contributed by atoms with Gasteiger partial charge in [-0.1, -0.05) is 288 Å². The molecule has 0 aliphatic heterocycles. The van der Waals surface area contributed by atoms with Crippen molar-refractivity contribution in [3.8, 4) is 0 Å². The van der Waals surface area contributed by atoms with Crippen molar-refractivity contribution in [3.63, 3.8) is 0 Å². The Morgan fingerprint density at radius 1 is 0.318 bits per heavy atom. The molecule has 0 aromatic rings. The number of carbonyl (C=O) groups is 3. The van der Waals surface area contributed by atoms with Crippen LogP contribution in [0.15, 0.2) is 48.6 Å². The number of hydrogen-bond acceptors (Lipinski definition) is 6. The highest BCUT2D eigenvalue weighted by molar-refractivity contribution is 5.71. The zero-order chi connectivity index (χ0) is 47.9. The monoisotopic (exact) mass is 925 g/mol. The molecule has 0 aromatic heterocycles. The zero-order valence-electron chi connectivity index (χ0n) is 44.0. The van der Waals surface area contributed by atoms with Crippen LogP contribution in [0.25, 0.3) is 0 Å². The minimum absolute atomic E-state index is 0.0786. The third-order valence-electron chi connectivity index (χ3n) is 12.7. The highest BCUT2D eigenvalue weighted by Gasteiger charge is 2.19. The molecule has 6 heteroatoms. The van der Waals surface area contributed by atoms with Gasteiger partial charge in [0.25, 0.3) is 0 Å². The molecule has 0 rings (SSSR count). The predicted octanol–water partition coefficient (Wildman–Crippen LogP) is 19.0. The second-order valence-corrected chi connectivity index (χ2v) is 19.3. The smallest absolute Gasteiger partial charge is 0.306 e. The molecule has 0 amide bonds. The lowest BCUT2D eigenvalue weighted by Gasteiger charge is -2.18. The fourth-order valence-corrected chi connectivity index (χ4v) is 8.40. The average Bonchev–Trinajstić information content (AvgIpc) is 3.31. The molecule has 0 bridgehead atoms. The van der Waals surface area contributed by atoms with Gasteiger partial charge in [-0.2, -0.15) is 0 Å². The molecule has 1 atom stereocenters. The van der Waals surface area contributed by atoms with E-state index in [1.807, 2.05) is 18.2 Å². The van der Waals surface area contributed by atoms with Gasteiger partial charge in [-0.05, 0) is 38.5 Å². The summed E-state index contributed by atoms with van der Waals surface area (Å²) in [5.74, 6) is -0.885. The molecular weight excluding hydrogens is 817 g/mol. The standard InChI is InChI=1S/C60H108O6/c1-4-7-10-13-16-19-22-25-28-29-30-31-33-35-38-41-44-47-50-53-59(62)65-56-57(55-64-58(61)52-49-46-43-40-37-34-27-24-21-18-15-12-9-6-3)66-60(63)54-51-48-45-42-39-36-32-26-23-20-17-14-11-8-5-2/h8,11,14,17,20,23,26,32,57H,4-7,9-10,12-13,15-16,18-19,21-22,24-25,27-31,33-56H2,1-3H3/b11-8-,17-14-,23-20-,32-26-. The summed E-state index contributed by atoms with van der Waals surface area (Å²) in [6, 6.07) is 0. The third kappa shape index (κ3) is 52.3. The van der Waals surface area contributed by atoms with E-state index in [9.17, 15) is 14.4 Å². The Morgan fingerprint density at radius 3 is 0.924 bits per heavy atom. The molecule has 0 fully saturated rings. The topological polar surface area (TPSA) is 78.9 Å². The molecular formula is C60H108O6. The fourth-order valence-electron chi connectivity index (χ4n) is 8.40. The Kier molecular flexibility index (Phi) is 52.8. The Balaban J connectivity index is 4.34. The molecule has 0 heterocycles. The van der Waals surface area contributed by atoms with Gasteiger partial charge in [0.15, 0.2) is 6.10 Å². The highest BCUT2D eigenvalue weighted by Crippen LogP contribution is 2.17. The first-order valence-electron chi connectivity index (χ1n) is 28.7. The number of rotatable bonds is 52. The minimum atomic E-state index is -0.782. The second kappa shape index (κ2) is 55.0. The Morgan fingerprint density at radius 2 is 0.591 bits per heavy atom. The molecule has 66 heavy (non-hydrogen) atoms. The highest BCUT2D eigenvalue weighted by atomic mass is 16.6. The van der Waals surface area contributed by atoms with E-state index in [-0.39, 0.29) is 31.1 Å². The second-order valence-electron chi connectivity index (χ2n) is 19.3. The first-order valence-corrected chi connectivity index (χ1v) is 28.7. The maximum atomic E-state index is 12.8. The summed E-state index contributed by atoms with van der Waals surface area (Å²) in [6.45, 7) is 6.52. The lowest BCUT2D eigenvalue weighted by atomic mass is 10.0. The number of carbonyl (C=O) groups excluding carboxylic acids is 3. The molecule has 0 saturated heterocycles. The van der Waals surface area contributed by atoms with Crippen LogP contribution in [0.3, 0.4) is 0 Å². The Hall–Kier alpha value is -2.63. The van der Waals surface area contributed by atoms with Crippen molar-refractivity contribution in [2.24, 2.45) is 0 Å². The zero-order valence-corrected chi connectivity index (χ0v) is 44.0. The summed E-state index contributed by atoms with van der Waals surface area (Å²) < 4.78 is 16.9. The predicted molar refractivity (Wildman–Crippen MR) is 284 cm³/mol. The van der Waals surface area contributed by atoms with Crippen LogP contribution in [0.2, 0.25) is 0 Å². The van der Waals surface area contributed by atoms with Gasteiger partial charge in [-0.15, -0.1) is 0 Å². The summed E-state index contributed by atoms with van der Waals surface area (Å²) in [7, 11) is 0. The molecule has 6 nitrogen and oxygen atoms in total. The summed E-state index contributed by atoms with van der Waals surface area (Å²) >= 11 is 0. The van der Waals surface area contributed by atoms with E-state index in [1.54, 1.807) is 0 Å². The molecule has 1 unspecified atom stereocenters. The van der Waals surface area contributed by atoms with Gasteiger partial charge in [-0.3, -0.25) is 14.4 Å². The van der Waals surface area contributed by atoms with Crippen LogP contribution in [0.5, 0.6) is 0 Å². The largest absolute Gasteiger partial charge is 0.462 e. The Bertz CT molecular complexity index is 1150. The van der Waals surface area contributed by atoms with E-state index in [1.165, 1.54) is 173 Å². The van der Waals surface area contributed by atoms with E-state index in [0.29, 0.717) is 19.3 Å². The number of unbranched alkanes of at least 4 members (excludes halogenated alkanes) is 36. The summed E-state index contributed by atoms with van der Waals surface area (Å²) in [5, 5.41) is 0. The molecule has 0 aliphatic rings. The number of hydrogen-bond donors (Lipinski definition) is 0. The molecule has 0 radical (unpaired) electrons. The van der Waals surface area contributed by atoms with Gasteiger partial charge in [0.05, 0.1) is 0 Å². The van der Waals surface area contributed by atoms with Crippen LogP contribution in [0.4, 0.5) is 0 Å². The maximum absolute atomic E-state index is 12.8. The van der Waals surface area contributed by atoms with E-state index in [2.05, 4.69) is 51.2 Å². The molecule has 0 spiro atoms. The van der Waals surface area contributed by atoms with Gasteiger partial charge in [0, 0.05) is 19.3 Å². The molecule has 0 aromatic carbocycles. The minimum Gasteiger partial charge on any atom is -0.462 e. The molecule has 0 aliphatic carbocycles. The number of esters is 3. The molecule has 0 N–H and O–H groups in total. The number of ether oxygens (including phenoxy) is 3. The van der Waals surface area contributed by atoms with E-state index < -0.39 is 6.10 Å². The van der Waals surface area contributed by atoms with Gasteiger partial charge in [-0.25, -0.2) is 0 Å². The molecule has 0 saturated carbocycles. The van der Waals surface area contributed by atoms with Crippen LogP contribution >= 0.6 is 0 Å². The normalized spacial score (nSPS) is 12.3.